The highest BCUT2D eigenvalue weighted by molar-refractivity contribution is 5.76. The number of methoxy groups -OCH3 is 1. The number of hydrogen-bond acceptors (Lipinski definition) is 7. The van der Waals surface area contributed by atoms with Crippen molar-refractivity contribution in [3.8, 4) is 5.75 Å². The van der Waals surface area contributed by atoms with Crippen molar-refractivity contribution in [3.05, 3.63) is 71.8 Å². The van der Waals surface area contributed by atoms with Crippen LogP contribution in [0.15, 0.2) is 55.0 Å². The number of anilines is 2. The van der Waals surface area contributed by atoms with E-state index in [2.05, 4.69) is 33.3 Å². The maximum Gasteiger partial charge on any atom is 0.227 e. The van der Waals surface area contributed by atoms with Gasteiger partial charge in [-0.15, -0.1) is 0 Å². The van der Waals surface area contributed by atoms with E-state index in [-0.39, 0.29) is 12.0 Å². The van der Waals surface area contributed by atoms with Gasteiger partial charge in [-0.25, -0.2) is 9.97 Å². The molecule has 4 rings (SSSR count). The van der Waals surface area contributed by atoms with Crippen molar-refractivity contribution in [2.24, 2.45) is 0 Å². The van der Waals surface area contributed by atoms with Crippen molar-refractivity contribution >= 4 is 17.5 Å². The number of nitrogens with zero attached hydrogens (tertiary/aromatic N) is 4. The second-order valence-corrected chi connectivity index (χ2v) is 8.01. The van der Waals surface area contributed by atoms with Crippen LogP contribution < -0.4 is 10.1 Å². The standard InChI is InChI=1S/C25H29N5O3/c1-18-15-21(32-2)9-7-19(18)5-3-6-24(31)30-13-14-33-23(17-30)22-10-8-20(16-28-22)29-25-26-11-4-12-27-25/h4,7-12,15-16,23H,3,5-6,13-14,17H2,1-2H3,(H,26,27,29). The molecule has 8 heteroatoms. The van der Waals surface area contributed by atoms with Gasteiger partial charge in [0, 0.05) is 25.4 Å². The Bertz CT molecular complexity index is 1060. The normalized spacial score (nSPS) is 15.8. The highest BCUT2D eigenvalue weighted by Gasteiger charge is 2.26. The molecule has 8 nitrogen and oxygen atoms in total. The van der Waals surface area contributed by atoms with Crippen molar-refractivity contribution in [2.45, 2.75) is 32.3 Å². The van der Waals surface area contributed by atoms with E-state index in [0.29, 0.717) is 32.1 Å². The van der Waals surface area contributed by atoms with Crippen LogP contribution in [-0.2, 0) is 16.0 Å². The number of amides is 1. The quantitative estimate of drug-likeness (QED) is 0.561. The minimum atomic E-state index is -0.228. The topological polar surface area (TPSA) is 89.5 Å². The smallest absolute Gasteiger partial charge is 0.227 e. The molecule has 3 heterocycles. The molecule has 1 N–H and O–H groups in total. The van der Waals surface area contributed by atoms with E-state index < -0.39 is 0 Å². The second kappa shape index (κ2) is 10.9. The summed E-state index contributed by atoms with van der Waals surface area (Å²) in [6.07, 6.45) is 7.06. The number of carbonyl (C=O) groups is 1. The first kappa shape index (κ1) is 22.7. The Hall–Kier alpha value is -3.52. The van der Waals surface area contributed by atoms with Crippen LogP contribution in [0.3, 0.4) is 0 Å². The van der Waals surface area contributed by atoms with Crippen LogP contribution in [0.25, 0.3) is 0 Å². The van der Waals surface area contributed by atoms with Gasteiger partial charge in [-0.3, -0.25) is 9.78 Å². The first-order valence-electron chi connectivity index (χ1n) is 11.2. The highest BCUT2D eigenvalue weighted by atomic mass is 16.5. The van der Waals surface area contributed by atoms with Crippen LogP contribution >= 0.6 is 0 Å². The van der Waals surface area contributed by atoms with Crippen LogP contribution in [0.5, 0.6) is 5.75 Å². The fourth-order valence-electron chi connectivity index (χ4n) is 3.88. The lowest BCUT2D eigenvalue weighted by molar-refractivity contribution is -0.139. The molecule has 1 atom stereocenters. The van der Waals surface area contributed by atoms with Crippen molar-refractivity contribution in [1.82, 2.24) is 19.9 Å². The summed E-state index contributed by atoms with van der Waals surface area (Å²) < 4.78 is 11.2. The summed E-state index contributed by atoms with van der Waals surface area (Å²) in [6.45, 7) is 3.71. The molecule has 0 radical (unpaired) electrons. The molecule has 1 saturated heterocycles. The van der Waals surface area contributed by atoms with Crippen LogP contribution in [0, 0.1) is 6.92 Å². The largest absolute Gasteiger partial charge is 0.497 e. The van der Waals surface area contributed by atoms with E-state index >= 15 is 0 Å². The summed E-state index contributed by atoms with van der Waals surface area (Å²) in [4.78, 5) is 27.5. The maximum absolute atomic E-state index is 12.8. The lowest BCUT2D eigenvalue weighted by Crippen LogP contribution is -2.42. The molecule has 1 aromatic carbocycles. The predicted octanol–water partition coefficient (Wildman–Crippen LogP) is 3.86. The van der Waals surface area contributed by atoms with E-state index in [9.17, 15) is 4.79 Å². The zero-order valence-electron chi connectivity index (χ0n) is 19.0. The zero-order valence-corrected chi connectivity index (χ0v) is 19.0. The molecule has 1 amide bonds. The predicted molar refractivity (Wildman–Crippen MR) is 125 cm³/mol. The number of pyridine rings is 1. The Morgan fingerprint density at radius 2 is 2.06 bits per heavy atom. The van der Waals surface area contributed by atoms with Gasteiger partial charge < -0.3 is 19.7 Å². The Morgan fingerprint density at radius 3 is 2.79 bits per heavy atom. The van der Waals surface area contributed by atoms with Gasteiger partial charge in [0.2, 0.25) is 11.9 Å². The van der Waals surface area contributed by atoms with Gasteiger partial charge in [0.05, 0.1) is 37.8 Å². The number of morpholine rings is 1. The fraction of sp³-hybridized carbons (Fsp3) is 0.360. The van der Waals surface area contributed by atoms with Gasteiger partial charge >= 0.3 is 0 Å². The molecule has 0 aliphatic carbocycles. The third kappa shape index (κ3) is 6.04. The van der Waals surface area contributed by atoms with Crippen molar-refractivity contribution < 1.29 is 14.3 Å². The number of ether oxygens (including phenoxy) is 2. The summed E-state index contributed by atoms with van der Waals surface area (Å²) >= 11 is 0. The van der Waals surface area contributed by atoms with Crippen LogP contribution in [0.4, 0.5) is 11.6 Å². The summed E-state index contributed by atoms with van der Waals surface area (Å²) in [5, 5.41) is 3.11. The SMILES string of the molecule is COc1ccc(CCCC(=O)N2CCOC(c3ccc(Nc4ncccn4)cn3)C2)c(C)c1. The lowest BCUT2D eigenvalue weighted by Gasteiger charge is -2.32. The molecule has 1 fully saturated rings. The monoisotopic (exact) mass is 447 g/mol. The molecule has 33 heavy (non-hydrogen) atoms. The van der Waals surface area contributed by atoms with Gasteiger partial charge in [-0.2, -0.15) is 0 Å². The van der Waals surface area contributed by atoms with Gasteiger partial charge in [0.25, 0.3) is 0 Å². The summed E-state index contributed by atoms with van der Waals surface area (Å²) in [5.74, 6) is 1.54. The minimum Gasteiger partial charge on any atom is -0.497 e. The van der Waals surface area contributed by atoms with E-state index in [1.807, 2.05) is 29.2 Å². The number of hydrogen-bond donors (Lipinski definition) is 1. The number of aromatic nitrogens is 3. The van der Waals surface area contributed by atoms with Gasteiger partial charge in [0.15, 0.2) is 0 Å². The second-order valence-electron chi connectivity index (χ2n) is 8.01. The minimum absolute atomic E-state index is 0.161. The molecular formula is C25H29N5O3. The highest BCUT2D eigenvalue weighted by Crippen LogP contribution is 2.23. The van der Waals surface area contributed by atoms with E-state index in [1.54, 1.807) is 31.8 Å². The average molecular weight is 448 g/mol. The van der Waals surface area contributed by atoms with Crippen LogP contribution in [-0.4, -0.2) is 52.6 Å². The Kier molecular flexibility index (Phi) is 7.47. The van der Waals surface area contributed by atoms with Gasteiger partial charge in [0.1, 0.15) is 11.9 Å². The number of carbonyl (C=O) groups excluding carboxylic acids is 1. The van der Waals surface area contributed by atoms with Crippen molar-refractivity contribution in [1.29, 1.82) is 0 Å². The molecular weight excluding hydrogens is 418 g/mol. The average Bonchev–Trinajstić information content (AvgIpc) is 2.86. The molecule has 2 aromatic heterocycles. The first-order chi connectivity index (χ1) is 16.1. The van der Waals surface area contributed by atoms with Crippen LogP contribution in [0.2, 0.25) is 0 Å². The Morgan fingerprint density at radius 1 is 1.21 bits per heavy atom. The molecule has 0 bridgehead atoms. The zero-order chi connectivity index (χ0) is 23.0. The third-order valence-corrected chi connectivity index (χ3v) is 5.74. The number of aryl methyl sites for hydroxylation is 2. The van der Waals surface area contributed by atoms with E-state index in [0.717, 1.165) is 30.0 Å². The fourth-order valence-corrected chi connectivity index (χ4v) is 3.88. The van der Waals surface area contributed by atoms with E-state index in [1.165, 1.54) is 11.1 Å². The molecule has 172 valence electrons. The van der Waals surface area contributed by atoms with Crippen molar-refractivity contribution in [3.63, 3.8) is 0 Å². The molecule has 3 aromatic rings. The van der Waals surface area contributed by atoms with E-state index in [4.69, 9.17) is 9.47 Å². The van der Waals surface area contributed by atoms with Gasteiger partial charge in [-0.05, 0) is 61.2 Å². The summed E-state index contributed by atoms with van der Waals surface area (Å²) in [7, 11) is 1.67. The van der Waals surface area contributed by atoms with Gasteiger partial charge in [-0.1, -0.05) is 6.07 Å². The summed E-state index contributed by atoms with van der Waals surface area (Å²) in [5.41, 5.74) is 4.04. The van der Waals surface area contributed by atoms with Crippen molar-refractivity contribution in [2.75, 3.05) is 32.1 Å². The molecule has 0 saturated carbocycles. The molecule has 1 unspecified atom stereocenters. The number of rotatable bonds is 8. The Balaban J connectivity index is 1.28. The maximum atomic E-state index is 12.8. The number of benzene rings is 1. The summed E-state index contributed by atoms with van der Waals surface area (Å²) in [6, 6.07) is 11.7. The van der Waals surface area contributed by atoms with Crippen LogP contribution in [0.1, 0.15) is 35.8 Å². The lowest BCUT2D eigenvalue weighted by atomic mass is 10.0. The first-order valence-corrected chi connectivity index (χ1v) is 11.2. The molecule has 0 spiro atoms. The number of nitrogens with one attached hydrogen (secondary N) is 1. The molecule has 1 aliphatic heterocycles. The Labute approximate surface area is 194 Å². The molecule has 1 aliphatic rings. The third-order valence-electron chi connectivity index (χ3n) is 5.74.